The number of carbonyl (C=O) groups is 1. The van der Waals surface area contributed by atoms with Gasteiger partial charge in [-0.15, -0.1) is 11.3 Å². The van der Waals surface area contributed by atoms with Gasteiger partial charge >= 0.3 is 0 Å². The molecule has 0 aliphatic carbocycles. The highest BCUT2D eigenvalue weighted by Gasteiger charge is 2.24. The molecule has 0 aliphatic rings. The minimum Gasteiger partial charge on any atom is -0.395 e. The van der Waals surface area contributed by atoms with E-state index < -0.39 is 0 Å². The standard InChI is InChI=1S/C29H30ClN3O3S/c1-5-19-8-7-9-20(6-2)26(19)33-18(3)23(28(35)32(4)14-15-34)16-24(29(33)36)27-31-25(17-37-27)21-10-12-22(30)13-11-21/h7-13,16-17,34H,5-6,14-15H2,1-4H3. The molecule has 0 aliphatic heterocycles. The van der Waals surface area contributed by atoms with Crippen LogP contribution in [0, 0.1) is 6.92 Å². The second kappa shape index (κ2) is 11.4. The van der Waals surface area contributed by atoms with Gasteiger partial charge in [0.05, 0.1) is 29.1 Å². The van der Waals surface area contributed by atoms with Gasteiger partial charge in [-0.3, -0.25) is 14.2 Å². The zero-order valence-corrected chi connectivity index (χ0v) is 23.0. The van der Waals surface area contributed by atoms with Crippen LogP contribution in [0.25, 0.3) is 27.5 Å². The van der Waals surface area contributed by atoms with Crippen LogP contribution in [0.4, 0.5) is 0 Å². The van der Waals surface area contributed by atoms with E-state index in [1.807, 2.05) is 35.7 Å². The van der Waals surface area contributed by atoms with Gasteiger partial charge in [0.2, 0.25) is 0 Å². The largest absolute Gasteiger partial charge is 0.395 e. The number of hydrogen-bond acceptors (Lipinski definition) is 5. The van der Waals surface area contributed by atoms with Crippen LogP contribution in [0.3, 0.4) is 0 Å². The summed E-state index contributed by atoms with van der Waals surface area (Å²) in [5, 5.41) is 12.5. The molecule has 4 rings (SSSR count). The maximum absolute atomic E-state index is 14.1. The Bertz CT molecular complexity index is 1470. The number of pyridine rings is 1. The number of halogens is 1. The smallest absolute Gasteiger partial charge is 0.265 e. The summed E-state index contributed by atoms with van der Waals surface area (Å²) in [7, 11) is 1.65. The van der Waals surface area contributed by atoms with Crippen LogP contribution in [-0.4, -0.2) is 45.7 Å². The number of para-hydroxylation sites is 1. The highest BCUT2D eigenvalue weighted by atomic mass is 35.5. The van der Waals surface area contributed by atoms with Crippen LogP contribution < -0.4 is 5.56 Å². The first-order valence-electron chi connectivity index (χ1n) is 12.3. The highest BCUT2D eigenvalue weighted by Crippen LogP contribution is 2.31. The van der Waals surface area contributed by atoms with Crippen molar-refractivity contribution in [2.24, 2.45) is 0 Å². The molecule has 0 spiro atoms. The summed E-state index contributed by atoms with van der Waals surface area (Å²) in [6.45, 7) is 5.96. The number of benzene rings is 2. The lowest BCUT2D eigenvalue weighted by Crippen LogP contribution is -2.33. The van der Waals surface area contributed by atoms with Gasteiger partial charge in [0.1, 0.15) is 5.01 Å². The van der Waals surface area contributed by atoms with E-state index in [2.05, 4.69) is 13.8 Å². The summed E-state index contributed by atoms with van der Waals surface area (Å²) in [6.07, 6.45) is 1.48. The fraction of sp³-hybridized carbons (Fsp3) is 0.276. The van der Waals surface area contributed by atoms with E-state index >= 15 is 0 Å². The maximum atomic E-state index is 14.1. The second-order valence-corrected chi connectivity index (χ2v) is 10.1. The van der Waals surface area contributed by atoms with E-state index in [0.717, 1.165) is 40.9 Å². The Morgan fingerprint density at radius 1 is 1.11 bits per heavy atom. The Kier molecular flexibility index (Phi) is 8.27. The fourth-order valence-corrected chi connectivity index (χ4v) is 5.42. The highest BCUT2D eigenvalue weighted by molar-refractivity contribution is 7.13. The van der Waals surface area contributed by atoms with E-state index in [4.69, 9.17) is 16.6 Å². The zero-order valence-electron chi connectivity index (χ0n) is 21.4. The minimum atomic E-state index is -0.261. The molecule has 0 saturated carbocycles. The summed E-state index contributed by atoms with van der Waals surface area (Å²) >= 11 is 7.40. The van der Waals surface area contributed by atoms with Crippen LogP contribution in [0.15, 0.2) is 58.7 Å². The summed E-state index contributed by atoms with van der Waals surface area (Å²) in [5.74, 6) is -0.261. The summed E-state index contributed by atoms with van der Waals surface area (Å²) < 4.78 is 1.68. The third-order valence-corrected chi connectivity index (χ3v) is 7.65. The van der Waals surface area contributed by atoms with Crippen LogP contribution in [0.5, 0.6) is 0 Å². The van der Waals surface area contributed by atoms with Crippen molar-refractivity contribution in [1.82, 2.24) is 14.5 Å². The number of aliphatic hydroxyl groups is 1. The van der Waals surface area contributed by atoms with Crippen molar-refractivity contribution in [2.45, 2.75) is 33.6 Å². The Balaban J connectivity index is 1.99. The molecule has 4 aromatic rings. The number of amides is 1. The topological polar surface area (TPSA) is 75.4 Å². The molecule has 0 saturated heterocycles. The van der Waals surface area contributed by atoms with E-state index in [1.54, 1.807) is 36.7 Å². The van der Waals surface area contributed by atoms with Crippen molar-refractivity contribution in [3.63, 3.8) is 0 Å². The molecule has 0 fully saturated rings. The average molecular weight is 536 g/mol. The maximum Gasteiger partial charge on any atom is 0.265 e. The van der Waals surface area contributed by atoms with Crippen LogP contribution in [-0.2, 0) is 12.8 Å². The first-order chi connectivity index (χ1) is 17.8. The van der Waals surface area contributed by atoms with Crippen molar-refractivity contribution < 1.29 is 9.90 Å². The molecule has 0 radical (unpaired) electrons. The number of hydrogen-bond donors (Lipinski definition) is 1. The summed E-state index contributed by atoms with van der Waals surface area (Å²) in [5.41, 5.74) is 5.63. The van der Waals surface area contributed by atoms with Crippen molar-refractivity contribution in [2.75, 3.05) is 20.2 Å². The molecular formula is C29H30ClN3O3S. The molecule has 6 nitrogen and oxygen atoms in total. The van der Waals surface area contributed by atoms with E-state index in [9.17, 15) is 14.7 Å². The molecule has 0 bridgehead atoms. The van der Waals surface area contributed by atoms with Crippen LogP contribution >= 0.6 is 22.9 Å². The number of rotatable bonds is 8. The molecule has 1 N–H and O–H groups in total. The summed E-state index contributed by atoms with van der Waals surface area (Å²) in [6, 6.07) is 15.1. The number of carbonyl (C=O) groups excluding carboxylic acids is 1. The van der Waals surface area contributed by atoms with Gasteiger partial charge in [0.15, 0.2) is 0 Å². The van der Waals surface area contributed by atoms with Crippen molar-refractivity contribution in [3.05, 3.63) is 91.7 Å². The molecule has 37 heavy (non-hydrogen) atoms. The average Bonchev–Trinajstić information content (AvgIpc) is 3.39. The molecule has 0 unspecified atom stereocenters. The molecular weight excluding hydrogens is 506 g/mol. The first-order valence-corrected chi connectivity index (χ1v) is 13.5. The number of aliphatic hydroxyl groups excluding tert-OH is 1. The van der Waals surface area contributed by atoms with Crippen molar-refractivity contribution in [3.8, 4) is 27.5 Å². The minimum absolute atomic E-state index is 0.149. The van der Waals surface area contributed by atoms with Gasteiger partial charge in [0, 0.05) is 35.3 Å². The number of likely N-dealkylation sites (N-methyl/N-ethyl adjacent to an activating group) is 1. The predicted octanol–water partition coefficient (Wildman–Crippen LogP) is 5.78. The molecule has 1 amide bonds. The van der Waals surface area contributed by atoms with Crippen LogP contribution in [0.1, 0.15) is 41.0 Å². The summed E-state index contributed by atoms with van der Waals surface area (Å²) in [4.78, 5) is 33.8. The zero-order chi connectivity index (χ0) is 26.7. The Morgan fingerprint density at radius 2 is 1.76 bits per heavy atom. The molecule has 0 atom stereocenters. The van der Waals surface area contributed by atoms with Gasteiger partial charge in [-0.1, -0.05) is 55.8 Å². The van der Waals surface area contributed by atoms with Gasteiger partial charge in [-0.05, 0) is 49.1 Å². The molecule has 2 heterocycles. The normalized spacial score (nSPS) is 11.1. The lowest BCUT2D eigenvalue weighted by Gasteiger charge is -2.23. The number of aryl methyl sites for hydroxylation is 2. The van der Waals surface area contributed by atoms with Crippen molar-refractivity contribution >= 4 is 28.8 Å². The van der Waals surface area contributed by atoms with Gasteiger partial charge in [-0.2, -0.15) is 0 Å². The quantitative estimate of drug-likeness (QED) is 0.310. The Hall–Kier alpha value is -3.26. The third-order valence-electron chi connectivity index (χ3n) is 6.52. The predicted molar refractivity (Wildman–Crippen MR) is 151 cm³/mol. The fourth-order valence-electron chi connectivity index (χ4n) is 4.45. The Morgan fingerprint density at radius 3 is 2.35 bits per heavy atom. The SMILES string of the molecule is CCc1cccc(CC)c1-n1c(C)c(C(=O)N(C)CCO)cc(-c2nc(-c3ccc(Cl)cc3)cs2)c1=O. The number of nitrogens with zero attached hydrogens (tertiary/aromatic N) is 3. The van der Waals surface area contributed by atoms with Gasteiger partial charge in [-0.25, -0.2) is 4.98 Å². The van der Waals surface area contributed by atoms with E-state index in [0.29, 0.717) is 26.9 Å². The van der Waals surface area contributed by atoms with E-state index in [1.165, 1.54) is 16.2 Å². The lowest BCUT2D eigenvalue weighted by atomic mass is 10.0. The second-order valence-electron chi connectivity index (χ2n) is 8.82. The number of aromatic nitrogens is 2. The van der Waals surface area contributed by atoms with E-state index in [-0.39, 0.29) is 24.6 Å². The lowest BCUT2D eigenvalue weighted by molar-refractivity contribution is 0.0765. The molecule has 8 heteroatoms. The Labute approximate surface area is 225 Å². The molecule has 2 aromatic carbocycles. The van der Waals surface area contributed by atoms with Gasteiger partial charge < -0.3 is 10.0 Å². The molecule has 192 valence electrons. The first kappa shape index (κ1) is 26.8. The monoisotopic (exact) mass is 535 g/mol. The van der Waals surface area contributed by atoms with Crippen molar-refractivity contribution in [1.29, 1.82) is 0 Å². The third kappa shape index (κ3) is 5.25. The number of thiazole rings is 1. The molecule has 2 aromatic heterocycles. The van der Waals surface area contributed by atoms with Crippen LogP contribution in [0.2, 0.25) is 5.02 Å². The van der Waals surface area contributed by atoms with Gasteiger partial charge in [0.25, 0.3) is 11.5 Å².